The van der Waals surface area contributed by atoms with Gasteiger partial charge in [-0.2, -0.15) is 0 Å². The normalized spacial score (nSPS) is 10.8. The lowest BCUT2D eigenvalue weighted by Gasteiger charge is -2.05. The minimum Gasteiger partial charge on any atom is -0.488 e. The number of hydrogen-bond donors (Lipinski definition) is 0. The smallest absolute Gasteiger partial charge is 0.138 e. The molecule has 1 rings (SSSR count). The Hall–Kier alpha value is -0.180. The molecular formula is C10H9BrCl2O. The largest absolute Gasteiger partial charge is 0.488 e. The van der Waals surface area contributed by atoms with Crippen LogP contribution in [0.15, 0.2) is 34.8 Å². The predicted molar refractivity (Wildman–Crippen MR) is 64.5 cm³/mol. The van der Waals surface area contributed by atoms with E-state index in [1.807, 2.05) is 24.3 Å². The fraction of sp³-hybridized carbons (Fsp3) is 0.200. The van der Waals surface area contributed by atoms with Crippen LogP contribution in [0.25, 0.3) is 0 Å². The second kappa shape index (κ2) is 6.33. The van der Waals surface area contributed by atoms with Gasteiger partial charge in [0.25, 0.3) is 0 Å². The van der Waals surface area contributed by atoms with Gasteiger partial charge in [-0.1, -0.05) is 39.7 Å². The predicted octanol–water partition coefficient (Wildman–Crippen LogP) is 4.28. The van der Waals surface area contributed by atoms with Crippen molar-refractivity contribution in [1.29, 1.82) is 0 Å². The highest BCUT2D eigenvalue weighted by Gasteiger charge is 2.00. The molecule has 1 nitrogen and oxygen atoms in total. The number of ether oxygens (including phenoxy) is 1. The lowest BCUT2D eigenvalue weighted by Crippen LogP contribution is -1.93. The van der Waals surface area contributed by atoms with Crippen molar-refractivity contribution in [2.45, 2.75) is 0 Å². The number of alkyl halides is 1. The first-order valence-corrected chi connectivity index (χ1v) is 5.73. The van der Waals surface area contributed by atoms with E-state index in [0.29, 0.717) is 23.3 Å². The van der Waals surface area contributed by atoms with Crippen LogP contribution in [0, 0.1) is 0 Å². The Kier molecular flexibility index (Phi) is 5.38. The zero-order chi connectivity index (χ0) is 10.4. The highest BCUT2D eigenvalue weighted by atomic mass is 79.9. The summed E-state index contributed by atoms with van der Waals surface area (Å²) in [6, 6.07) is 5.50. The van der Waals surface area contributed by atoms with Gasteiger partial charge in [0.1, 0.15) is 12.4 Å². The maximum Gasteiger partial charge on any atom is 0.138 e. The highest BCUT2D eigenvalue weighted by Crippen LogP contribution is 2.27. The van der Waals surface area contributed by atoms with Crippen LogP contribution in [0.4, 0.5) is 0 Å². The van der Waals surface area contributed by atoms with Gasteiger partial charge in [0.05, 0.1) is 5.02 Å². The monoisotopic (exact) mass is 294 g/mol. The van der Waals surface area contributed by atoms with E-state index in [1.54, 1.807) is 6.07 Å². The van der Waals surface area contributed by atoms with Crippen LogP contribution in [0.2, 0.25) is 5.02 Å². The van der Waals surface area contributed by atoms with Gasteiger partial charge < -0.3 is 4.74 Å². The summed E-state index contributed by atoms with van der Waals surface area (Å²) in [6.45, 7) is 0.480. The number of benzene rings is 1. The third-order valence-corrected chi connectivity index (χ3v) is 2.45. The third kappa shape index (κ3) is 3.91. The number of rotatable bonds is 4. The number of allylic oxidation sites excluding steroid dienone is 1. The molecule has 1 aromatic rings. The summed E-state index contributed by atoms with van der Waals surface area (Å²) in [5.74, 6) is 1.17. The van der Waals surface area contributed by atoms with Crippen molar-refractivity contribution in [3.05, 3.63) is 39.8 Å². The van der Waals surface area contributed by atoms with E-state index < -0.39 is 0 Å². The van der Waals surface area contributed by atoms with E-state index in [0.717, 1.165) is 4.47 Å². The zero-order valence-corrected chi connectivity index (χ0v) is 10.4. The van der Waals surface area contributed by atoms with Gasteiger partial charge in [0.2, 0.25) is 0 Å². The summed E-state index contributed by atoms with van der Waals surface area (Å²) in [5, 5.41) is 0.596. The fourth-order valence-corrected chi connectivity index (χ4v) is 1.72. The van der Waals surface area contributed by atoms with Crippen LogP contribution in [-0.4, -0.2) is 12.5 Å². The Morgan fingerprint density at radius 1 is 1.36 bits per heavy atom. The molecule has 0 aliphatic carbocycles. The summed E-state index contributed by atoms with van der Waals surface area (Å²) < 4.78 is 6.33. The molecule has 0 N–H and O–H groups in total. The zero-order valence-electron chi connectivity index (χ0n) is 7.34. The average Bonchev–Trinajstić information content (AvgIpc) is 2.15. The van der Waals surface area contributed by atoms with E-state index in [1.165, 1.54) is 0 Å². The maximum atomic E-state index is 5.94. The number of halogens is 3. The van der Waals surface area contributed by atoms with Crippen molar-refractivity contribution in [3.8, 4) is 5.75 Å². The van der Waals surface area contributed by atoms with Crippen LogP contribution >= 0.6 is 39.1 Å². The van der Waals surface area contributed by atoms with E-state index in [4.69, 9.17) is 27.9 Å². The Morgan fingerprint density at radius 3 is 2.79 bits per heavy atom. The van der Waals surface area contributed by atoms with Crippen LogP contribution in [0.3, 0.4) is 0 Å². The van der Waals surface area contributed by atoms with E-state index in [-0.39, 0.29) is 0 Å². The van der Waals surface area contributed by atoms with Gasteiger partial charge >= 0.3 is 0 Å². The maximum absolute atomic E-state index is 5.94. The van der Waals surface area contributed by atoms with Gasteiger partial charge in [-0.05, 0) is 18.2 Å². The Morgan fingerprint density at radius 2 is 2.14 bits per heavy atom. The van der Waals surface area contributed by atoms with Gasteiger partial charge in [0.15, 0.2) is 0 Å². The SMILES string of the molecule is ClCC=CCOc1ccc(Br)cc1Cl. The first-order chi connectivity index (χ1) is 6.74. The van der Waals surface area contributed by atoms with E-state index in [2.05, 4.69) is 15.9 Å². The molecule has 14 heavy (non-hydrogen) atoms. The molecule has 0 aromatic heterocycles. The highest BCUT2D eigenvalue weighted by molar-refractivity contribution is 9.10. The molecule has 0 aliphatic rings. The minimum absolute atomic E-state index is 0.480. The topological polar surface area (TPSA) is 9.23 Å². The lowest BCUT2D eigenvalue weighted by molar-refractivity contribution is 0.363. The minimum atomic E-state index is 0.480. The summed E-state index contributed by atoms with van der Waals surface area (Å²) in [6.07, 6.45) is 3.68. The van der Waals surface area contributed by atoms with Crippen LogP contribution in [-0.2, 0) is 0 Å². The first-order valence-electron chi connectivity index (χ1n) is 4.03. The van der Waals surface area contributed by atoms with Crippen molar-refractivity contribution in [3.63, 3.8) is 0 Å². The van der Waals surface area contributed by atoms with Crippen molar-refractivity contribution >= 4 is 39.1 Å². The molecule has 1 aromatic carbocycles. The van der Waals surface area contributed by atoms with Crippen molar-refractivity contribution in [1.82, 2.24) is 0 Å². The Balaban J connectivity index is 2.55. The first kappa shape index (κ1) is 11.9. The number of hydrogen-bond acceptors (Lipinski definition) is 1. The molecule has 0 saturated carbocycles. The van der Waals surface area contributed by atoms with Crippen molar-refractivity contribution in [2.24, 2.45) is 0 Å². The molecule has 0 amide bonds. The summed E-state index contributed by atoms with van der Waals surface area (Å²) >= 11 is 14.7. The quantitative estimate of drug-likeness (QED) is 0.595. The van der Waals surface area contributed by atoms with Crippen LogP contribution in [0.1, 0.15) is 0 Å². The van der Waals surface area contributed by atoms with Gasteiger partial charge in [0, 0.05) is 10.4 Å². The third-order valence-electron chi connectivity index (χ3n) is 1.48. The van der Waals surface area contributed by atoms with E-state index in [9.17, 15) is 0 Å². The summed E-state index contributed by atoms with van der Waals surface area (Å²) in [4.78, 5) is 0. The van der Waals surface area contributed by atoms with Crippen LogP contribution < -0.4 is 4.74 Å². The second-order valence-electron chi connectivity index (χ2n) is 2.51. The molecule has 0 heterocycles. The molecule has 0 radical (unpaired) electrons. The molecule has 4 heteroatoms. The molecule has 0 atom stereocenters. The molecule has 76 valence electrons. The summed E-state index contributed by atoms with van der Waals surface area (Å²) in [5.41, 5.74) is 0. The molecule has 0 unspecified atom stereocenters. The summed E-state index contributed by atoms with van der Waals surface area (Å²) in [7, 11) is 0. The molecule has 0 bridgehead atoms. The lowest BCUT2D eigenvalue weighted by atomic mass is 10.3. The molecular weight excluding hydrogens is 287 g/mol. The van der Waals surface area contributed by atoms with Crippen molar-refractivity contribution in [2.75, 3.05) is 12.5 Å². The van der Waals surface area contributed by atoms with Crippen molar-refractivity contribution < 1.29 is 4.74 Å². The molecule has 0 saturated heterocycles. The van der Waals surface area contributed by atoms with Gasteiger partial charge in [-0.3, -0.25) is 0 Å². The average molecular weight is 296 g/mol. The fourth-order valence-electron chi connectivity index (χ4n) is 0.861. The molecule has 0 spiro atoms. The van der Waals surface area contributed by atoms with E-state index >= 15 is 0 Å². The Labute approximate surface area is 102 Å². The second-order valence-corrected chi connectivity index (χ2v) is 4.14. The molecule has 0 aliphatic heterocycles. The Bertz CT molecular complexity index is 326. The standard InChI is InChI=1S/C10H9BrCl2O/c11-8-3-4-10(9(13)7-8)14-6-2-1-5-12/h1-4,7H,5-6H2. The van der Waals surface area contributed by atoms with Gasteiger partial charge in [-0.15, -0.1) is 11.6 Å². The van der Waals surface area contributed by atoms with Crippen LogP contribution in [0.5, 0.6) is 5.75 Å². The van der Waals surface area contributed by atoms with Gasteiger partial charge in [-0.25, -0.2) is 0 Å². The molecule has 0 fully saturated rings.